The number of carbonyl (C=O) groups is 2. The number of hydrazine groups is 1. The summed E-state index contributed by atoms with van der Waals surface area (Å²) >= 11 is 0. The van der Waals surface area contributed by atoms with Crippen LogP contribution in [0.25, 0.3) is 0 Å². The van der Waals surface area contributed by atoms with Crippen molar-refractivity contribution >= 4 is 34.7 Å². The van der Waals surface area contributed by atoms with Gasteiger partial charge in [-0.2, -0.15) is 13.2 Å². The molecule has 30 heavy (non-hydrogen) atoms. The van der Waals surface area contributed by atoms with Crippen LogP contribution in [0.3, 0.4) is 0 Å². The summed E-state index contributed by atoms with van der Waals surface area (Å²) in [6, 6.07) is 11.2. The zero-order chi connectivity index (χ0) is 22.1. The van der Waals surface area contributed by atoms with Gasteiger partial charge in [0.25, 0.3) is 11.8 Å². The molecule has 7 nitrogen and oxygen atoms in total. The number of nitrogens with zero attached hydrogens (tertiary/aromatic N) is 3. The third-order valence-electron chi connectivity index (χ3n) is 4.42. The van der Waals surface area contributed by atoms with Gasteiger partial charge in [-0.1, -0.05) is 18.2 Å². The first-order chi connectivity index (χ1) is 14.1. The second-order valence-electron chi connectivity index (χ2n) is 6.85. The van der Waals surface area contributed by atoms with Gasteiger partial charge in [0.15, 0.2) is 0 Å². The molecule has 2 N–H and O–H groups in total. The first-order valence-corrected chi connectivity index (χ1v) is 9.01. The van der Waals surface area contributed by atoms with Gasteiger partial charge in [0.1, 0.15) is 6.04 Å². The zero-order valence-corrected chi connectivity index (χ0v) is 16.5. The maximum absolute atomic E-state index is 13.5. The molecule has 1 heterocycles. The smallest absolute Gasteiger partial charge is 0.378 e. The van der Waals surface area contributed by atoms with E-state index in [4.69, 9.17) is 0 Å². The van der Waals surface area contributed by atoms with Crippen LogP contribution in [-0.4, -0.2) is 37.8 Å². The number of anilines is 3. The number of halogens is 3. The number of amidine groups is 1. The van der Waals surface area contributed by atoms with Gasteiger partial charge < -0.3 is 10.2 Å². The molecule has 0 radical (unpaired) electrons. The van der Waals surface area contributed by atoms with Crippen LogP contribution in [0.2, 0.25) is 0 Å². The van der Waals surface area contributed by atoms with Gasteiger partial charge in [0, 0.05) is 19.8 Å². The first-order valence-electron chi connectivity index (χ1n) is 9.01. The number of alkyl halides is 3. The van der Waals surface area contributed by atoms with Gasteiger partial charge in [0.05, 0.1) is 16.9 Å². The third-order valence-corrected chi connectivity index (χ3v) is 4.42. The number of benzene rings is 2. The van der Waals surface area contributed by atoms with E-state index in [1.807, 2.05) is 0 Å². The Morgan fingerprint density at radius 2 is 1.83 bits per heavy atom. The molecule has 2 aromatic rings. The Morgan fingerprint density at radius 3 is 2.43 bits per heavy atom. The molecule has 0 saturated carbocycles. The summed E-state index contributed by atoms with van der Waals surface area (Å²) in [6.07, 6.45) is -4.67. The molecule has 1 atom stereocenters. The van der Waals surface area contributed by atoms with Crippen molar-refractivity contribution in [2.75, 3.05) is 29.3 Å². The van der Waals surface area contributed by atoms with Crippen LogP contribution in [0, 0.1) is 0 Å². The van der Waals surface area contributed by atoms with Crippen molar-refractivity contribution < 1.29 is 22.8 Å². The fourth-order valence-corrected chi connectivity index (χ4v) is 2.84. The van der Waals surface area contributed by atoms with Crippen LogP contribution in [0.1, 0.15) is 12.5 Å². The Bertz CT molecular complexity index is 990. The van der Waals surface area contributed by atoms with Crippen molar-refractivity contribution in [2.45, 2.75) is 19.1 Å². The number of para-hydroxylation sites is 1. The monoisotopic (exact) mass is 419 g/mol. The molecule has 2 aromatic carbocycles. The minimum absolute atomic E-state index is 0.268. The largest absolute Gasteiger partial charge is 0.418 e. The lowest BCUT2D eigenvalue weighted by molar-refractivity contribution is -0.136. The molecule has 2 amide bonds. The summed E-state index contributed by atoms with van der Waals surface area (Å²) in [7, 11) is 3.23. The van der Waals surface area contributed by atoms with E-state index in [0.717, 1.165) is 11.1 Å². The Hall–Kier alpha value is -3.56. The van der Waals surface area contributed by atoms with Gasteiger partial charge in [-0.05, 0) is 37.3 Å². The number of hydrogen-bond donors (Lipinski definition) is 2. The van der Waals surface area contributed by atoms with E-state index < -0.39 is 35.3 Å². The van der Waals surface area contributed by atoms with E-state index in [9.17, 15) is 22.8 Å². The van der Waals surface area contributed by atoms with Crippen molar-refractivity contribution in [3.8, 4) is 0 Å². The van der Waals surface area contributed by atoms with E-state index in [1.54, 1.807) is 44.4 Å². The Morgan fingerprint density at radius 1 is 1.17 bits per heavy atom. The van der Waals surface area contributed by atoms with Crippen LogP contribution in [0.15, 0.2) is 53.5 Å². The zero-order valence-electron chi connectivity index (χ0n) is 16.5. The average Bonchev–Trinajstić information content (AvgIpc) is 2.69. The Labute approximate surface area is 171 Å². The first kappa shape index (κ1) is 21.2. The number of rotatable bonds is 4. The fraction of sp³-hybridized carbons (Fsp3) is 0.250. The highest BCUT2D eigenvalue weighted by Gasteiger charge is 2.36. The quantitative estimate of drug-likeness (QED) is 0.799. The third kappa shape index (κ3) is 4.37. The molecule has 0 spiro atoms. The van der Waals surface area contributed by atoms with Crippen LogP contribution >= 0.6 is 0 Å². The number of carbonyl (C=O) groups excluding carboxylic acids is 2. The maximum Gasteiger partial charge on any atom is 0.418 e. The number of hydrogen-bond acceptors (Lipinski definition) is 5. The minimum Gasteiger partial charge on any atom is -0.378 e. The number of aliphatic imine (C=N–C) groups is 1. The van der Waals surface area contributed by atoms with Crippen LogP contribution < -0.4 is 20.7 Å². The second-order valence-corrected chi connectivity index (χ2v) is 6.85. The molecule has 0 saturated heterocycles. The van der Waals surface area contributed by atoms with Crippen LogP contribution in [-0.2, 0) is 15.8 Å². The molecule has 3 rings (SSSR count). The van der Waals surface area contributed by atoms with Crippen LogP contribution in [0.5, 0.6) is 0 Å². The molecule has 1 aliphatic heterocycles. The molecule has 1 aliphatic rings. The summed E-state index contributed by atoms with van der Waals surface area (Å²) < 4.78 is 40.5. The van der Waals surface area contributed by atoms with Crippen molar-refractivity contribution in [3.05, 3.63) is 54.1 Å². The SMILES string of the molecule is C[C@@H]1N=C(C(=O)Nc2ccc(N(C)C)cc2C(F)(F)F)NN(c2ccccc2)C1=O. The van der Waals surface area contributed by atoms with Gasteiger partial charge >= 0.3 is 6.18 Å². The Balaban J connectivity index is 1.89. The Kier molecular flexibility index (Phi) is 5.68. The summed E-state index contributed by atoms with van der Waals surface area (Å²) in [5.41, 5.74) is 2.01. The van der Waals surface area contributed by atoms with Crippen LogP contribution in [0.4, 0.5) is 30.2 Å². The number of amides is 2. The molecule has 0 aliphatic carbocycles. The van der Waals surface area contributed by atoms with Gasteiger partial charge in [-0.3, -0.25) is 15.0 Å². The fourth-order valence-electron chi connectivity index (χ4n) is 2.84. The van der Waals surface area contributed by atoms with Crippen molar-refractivity contribution in [1.82, 2.24) is 5.43 Å². The van der Waals surface area contributed by atoms with E-state index in [-0.39, 0.29) is 5.84 Å². The molecule has 10 heteroatoms. The summed E-state index contributed by atoms with van der Waals surface area (Å²) in [5.74, 6) is -1.56. The molecule has 0 fully saturated rings. The van der Waals surface area contributed by atoms with Gasteiger partial charge in [0.2, 0.25) is 5.84 Å². The van der Waals surface area contributed by atoms with E-state index in [1.165, 1.54) is 24.0 Å². The maximum atomic E-state index is 13.5. The normalized spacial score (nSPS) is 16.6. The van der Waals surface area contributed by atoms with Crippen molar-refractivity contribution in [3.63, 3.8) is 0 Å². The average molecular weight is 419 g/mol. The molecule has 0 bridgehead atoms. The van der Waals surface area contributed by atoms with Gasteiger partial charge in [-0.15, -0.1) is 0 Å². The summed E-state index contributed by atoms with van der Waals surface area (Å²) in [4.78, 5) is 30.6. The lowest BCUT2D eigenvalue weighted by Crippen LogP contribution is -2.57. The minimum atomic E-state index is -4.67. The lowest BCUT2D eigenvalue weighted by atomic mass is 10.1. The second kappa shape index (κ2) is 8.05. The van der Waals surface area contributed by atoms with Gasteiger partial charge in [-0.25, -0.2) is 10.0 Å². The highest BCUT2D eigenvalue weighted by molar-refractivity contribution is 6.43. The number of nitrogens with one attached hydrogen (secondary N) is 2. The topological polar surface area (TPSA) is 77.0 Å². The summed E-state index contributed by atoms with van der Waals surface area (Å²) in [5, 5.41) is 3.40. The lowest BCUT2D eigenvalue weighted by Gasteiger charge is -2.30. The standard InChI is InChI=1S/C20H20F3N5O2/c1-12-19(30)28(13-7-5-4-6-8-13)26-17(24-12)18(29)25-16-10-9-14(27(2)3)11-15(16)20(21,22)23/h4-12H,1-3H3,(H,24,26)(H,25,29)/t12-/m0/s1. The van der Waals surface area contributed by atoms with Crippen molar-refractivity contribution in [2.24, 2.45) is 4.99 Å². The molecule has 158 valence electrons. The molecule has 0 aromatic heterocycles. The van der Waals surface area contributed by atoms with E-state index in [0.29, 0.717) is 11.4 Å². The molecule has 0 unspecified atom stereocenters. The highest BCUT2D eigenvalue weighted by atomic mass is 19.4. The predicted molar refractivity (Wildman–Crippen MR) is 108 cm³/mol. The molecular weight excluding hydrogens is 399 g/mol. The highest BCUT2D eigenvalue weighted by Crippen LogP contribution is 2.37. The van der Waals surface area contributed by atoms with Crippen molar-refractivity contribution in [1.29, 1.82) is 0 Å². The predicted octanol–water partition coefficient (Wildman–Crippen LogP) is 3.05. The van der Waals surface area contributed by atoms with E-state index in [2.05, 4.69) is 15.7 Å². The molecular formula is C20H20F3N5O2. The van der Waals surface area contributed by atoms with E-state index >= 15 is 0 Å². The summed E-state index contributed by atoms with van der Waals surface area (Å²) in [6.45, 7) is 1.50.